The van der Waals surface area contributed by atoms with Crippen LogP contribution in [0.15, 0.2) is 42.5 Å². The van der Waals surface area contributed by atoms with E-state index in [1.54, 1.807) is 18.2 Å². The maximum absolute atomic E-state index is 13.5. The Bertz CT molecular complexity index is 1330. The molecule has 218 valence electrons. The minimum Gasteiger partial charge on any atom is -0.372 e. The smallest absolute Gasteiger partial charge is 0.259 e. The molecule has 1 amide bonds. The van der Waals surface area contributed by atoms with Crippen molar-refractivity contribution in [2.75, 3.05) is 60.5 Å². The number of thiocarbonyl (C=S) groups is 1. The topological polar surface area (TPSA) is 57.1 Å². The van der Waals surface area contributed by atoms with Gasteiger partial charge in [-0.15, -0.1) is 0 Å². The maximum atomic E-state index is 13.5. The Hall–Kier alpha value is -2.70. The second kappa shape index (κ2) is 11.5. The molecule has 9 heteroatoms. The fourth-order valence-electron chi connectivity index (χ4n) is 6.34. The van der Waals surface area contributed by atoms with Crippen molar-refractivity contribution in [1.29, 1.82) is 5.26 Å². The largest absolute Gasteiger partial charge is 0.372 e. The van der Waals surface area contributed by atoms with Crippen molar-refractivity contribution in [3.05, 3.63) is 53.1 Å². The summed E-state index contributed by atoms with van der Waals surface area (Å²) in [4.78, 5) is 24.7. The fourth-order valence-corrected chi connectivity index (χ4v) is 7.08. The zero-order valence-corrected chi connectivity index (χ0v) is 26.4. The molecule has 0 N–H and O–H groups in total. The molecule has 0 aromatic heterocycles. The van der Waals surface area contributed by atoms with E-state index in [4.69, 9.17) is 23.8 Å². The summed E-state index contributed by atoms with van der Waals surface area (Å²) in [5, 5.41) is 9.92. The molecule has 41 heavy (non-hydrogen) atoms. The molecule has 3 aliphatic rings. The predicted molar refractivity (Wildman–Crippen MR) is 172 cm³/mol. The van der Waals surface area contributed by atoms with Gasteiger partial charge in [0.25, 0.3) is 5.91 Å². The highest BCUT2D eigenvalue weighted by Crippen LogP contribution is 2.38. The molecule has 0 unspecified atom stereocenters. The van der Waals surface area contributed by atoms with E-state index in [0.717, 1.165) is 37.8 Å². The highest BCUT2D eigenvalue weighted by atomic mass is 35.5. The van der Waals surface area contributed by atoms with Gasteiger partial charge in [-0.2, -0.15) is 5.26 Å². The molecule has 2 aromatic carbocycles. The number of piperidine rings is 1. The molecule has 0 radical (unpaired) electrons. The van der Waals surface area contributed by atoms with Crippen molar-refractivity contribution in [2.45, 2.75) is 58.5 Å². The van der Waals surface area contributed by atoms with Crippen molar-refractivity contribution >= 4 is 51.9 Å². The van der Waals surface area contributed by atoms with Gasteiger partial charge in [0.1, 0.15) is 11.6 Å². The van der Waals surface area contributed by atoms with Gasteiger partial charge in [-0.05, 0) is 108 Å². The second-order valence-corrected chi connectivity index (χ2v) is 13.8. The van der Waals surface area contributed by atoms with Gasteiger partial charge in [0, 0.05) is 62.7 Å². The number of rotatable bonds is 5. The summed E-state index contributed by atoms with van der Waals surface area (Å²) in [6.07, 6.45) is 2.42. The number of halogens is 1. The molecule has 0 saturated carbocycles. The molecule has 0 aliphatic carbocycles. The molecule has 3 saturated heterocycles. The number of anilines is 3. The summed E-state index contributed by atoms with van der Waals surface area (Å²) < 4.78 is 0. The molecule has 3 heterocycles. The SMILES string of the molecule is CC(C)(C)N1CCN(CC2CCN(c3ccc(N4C(=S)N(c5ccc(C#N)c(Cl)c5)C(=O)C4(C)C)cc3)CC2)CC1. The Kier molecular flexibility index (Phi) is 8.37. The van der Waals surface area contributed by atoms with E-state index in [0.29, 0.717) is 21.4 Å². The number of carbonyl (C=O) groups excluding carboxylic acids is 1. The quantitative estimate of drug-likeness (QED) is 0.409. The first-order valence-corrected chi connectivity index (χ1v) is 15.4. The Balaban J connectivity index is 1.20. The van der Waals surface area contributed by atoms with Crippen LogP contribution >= 0.6 is 23.8 Å². The summed E-state index contributed by atoms with van der Waals surface area (Å²) in [7, 11) is 0. The van der Waals surface area contributed by atoms with E-state index in [1.165, 1.54) is 43.1 Å². The van der Waals surface area contributed by atoms with E-state index in [1.807, 2.05) is 18.7 Å². The lowest BCUT2D eigenvalue weighted by Gasteiger charge is -2.44. The van der Waals surface area contributed by atoms with E-state index < -0.39 is 5.54 Å². The first kappa shape index (κ1) is 29.8. The minimum absolute atomic E-state index is 0.130. The molecule has 0 atom stereocenters. The molecule has 2 aromatic rings. The third-order valence-corrected chi connectivity index (χ3v) is 9.60. The van der Waals surface area contributed by atoms with E-state index in [-0.39, 0.29) is 11.4 Å². The van der Waals surface area contributed by atoms with Gasteiger partial charge < -0.3 is 14.7 Å². The molecule has 0 spiro atoms. The molecule has 0 bridgehead atoms. The molecular formula is C32H41ClN6OS. The third kappa shape index (κ3) is 5.96. The van der Waals surface area contributed by atoms with Crippen LogP contribution in [0.3, 0.4) is 0 Å². The van der Waals surface area contributed by atoms with E-state index in [2.05, 4.69) is 65.8 Å². The zero-order valence-electron chi connectivity index (χ0n) is 24.9. The number of hydrogen-bond donors (Lipinski definition) is 0. The standard InChI is InChI=1S/C32H41ClN6OS/c1-31(2,3)37-18-16-35(17-19-37)22-23-12-14-36(15-13-23)25-8-10-26(11-9-25)39-30(41)38(29(40)32(39,4)5)27-7-6-24(21-34)28(33)20-27/h6-11,20,23H,12-19,22H2,1-5H3. The Labute approximate surface area is 255 Å². The molecular weight excluding hydrogens is 552 g/mol. The third-order valence-electron chi connectivity index (χ3n) is 8.92. The molecule has 3 aliphatic heterocycles. The normalized spacial score (nSPS) is 21.0. The second-order valence-electron chi connectivity index (χ2n) is 13.0. The number of amides is 1. The lowest BCUT2D eigenvalue weighted by atomic mass is 9.95. The summed E-state index contributed by atoms with van der Waals surface area (Å²) in [6.45, 7) is 18.7. The van der Waals surface area contributed by atoms with Gasteiger partial charge in [-0.25, -0.2) is 0 Å². The van der Waals surface area contributed by atoms with E-state index >= 15 is 0 Å². The monoisotopic (exact) mass is 592 g/mol. The molecule has 5 rings (SSSR count). The highest BCUT2D eigenvalue weighted by Gasteiger charge is 2.50. The lowest BCUT2D eigenvalue weighted by Crippen LogP contribution is -2.54. The Morgan fingerprint density at radius 2 is 1.54 bits per heavy atom. The van der Waals surface area contributed by atoms with Crippen LogP contribution in [-0.4, -0.2) is 77.7 Å². The summed E-state index contributed by atoms with van der Waals surface area (Å²) in [5.74, 6) is 0.622. The number of nitrogens with zero attached hydrogens (tertiary/aromatic N) is 6. The highest BCUT2D eigenvalue weighted by molar-refractivity contribution is 7.81. The van der Waals surface area contributed by atoms with Crippen molar-refractivity contribution < 1.29 is 4.79 Å². The number of carbonyl (C=O) groups is 1. The summed E-state index contributed by atoms with van der Waals surface area (Å²) in [6, 6.07) is 15.4. The first-order chi connectivity index (χ1) is 19.4. The lowest BCUT2D eigenvalue weighted by molar-refractivity contribution is -0.120. The zero-order chi connectivity index (χ0) is 29.5. The fraction of sp³-hybridized carbons (Fsp3) is 0.531. The summed E-state index contributed by atoms with van der Waals surface area (Å²) >= 11 is 12.1. The average Bonchev–Trinajstić information content (AvgIpc) is 3.12. The average molecular weight is 593 g/mol. The van der Waals surface area contributed by atoms with Crippen molar-refractivity contribution in [2.24, 2.45) is 5.92 Å². The minimum atomic E-state index is -0.865. The van der Waals surface area contributed by atoms with Crippen LogP contribution in [0.2, 0.25) is 5.02 Å². The van der Waals surface area contributed by atoms with Crippen LogP contribution in [-0.2, 0) is 4.79 Å². The van der Waals surface area contributed by atoms with Crippen LogP contribution in [0.1, 0.15) is 53.0 Å². The maximum Gasteiger partial charge on any atom is 0.259 e. The first-order valence-electron chi connectivity index (χ1n) is 14.6. The van der Waals surface area contributed by atoms with Crippen molar-refractivity contribution in [3.63, 3.8) is 0 Å². The van der Waals surface area contributed by atoms with Gasteiger partial charge in [-0.1, -0.05) is 11.6 Å². The molecule has 7 nitrogen and oxygen atoms in total. The summed E-state index contributed by atoms with van der Waals surface area (Å²) in [5.41, 5.74) is 2.41. The van der Waals surface area contributed by atoms with Gasteiger partial charge in [0.05, 0.1) is 16.3 Å². The van der Waals surface area contributed by atoms with E-state index in [9.17, 15) is 10.1 Å². The van der Waals surface area contributed by atoms with Crippen LogP contribution in [0.4, 0.5) is 17.1 Å². The Morgan fingerprint density at radius 3 is 2.10 bits per heavy atom. The van der Waals surface area contributed by atoms with Gasteiger partial charge in [0.2, 0.25) is 0 Å². The number of piperazine rings is 1. The Morgan fingerprint density at radius 1 is 0.951 bits per heavy atom. The number of nitriles is 1. The van der Waals surface area contributed by atoms with Crippen LogP contribution < -0.4 is 14.7 Å². The number of hydrogen-bond acceptors (Lipinski definition) is 6. The van der Waals surface area contributed by atoms with Crippen molar-refractivity contribution in [3.8, 4) is 6.07 Å². The predicted octanol–water partition coefficient (Wildman–Crippen LogP) is 5.76. The van der Waals surface area contributed by atoms with Crippen LogP contribution in [0.25, 0.3) is 0 Å². The van der Waals surface area contributed by atoms with Crippen molar-refractivity contribution in [1.82, 2.24) is 9.80 Å². The van der Waals surface area contributed by atoms with Gasteiger partial charge >= 0.3 is 0 Å². The van der Waals surface area contributed by atoms with Crippen LogP contribution in [0, 0.1) is 17.2 Å². The number of benzene rings is 2. The van der Waals surface area contributed by atoms with Crippen LogP contribution in [0.5, 0.6) is 0 Å². The van der Waals surface area contributed by atoms with Gasteiger partial charge in [0.15, 0.2) is 5.11 Å². The molecule has 3 fully saturated rings. The van der Waals surface area contributed by atoms with Gasteiger partial charge in [-0.3, -0.25) is 14.6 Å².